The predicted octanol–water partition coefficient (Wildman–Crippen LogP) is 3.19. The molecular weight excluding hydrogens is 339 g/mol. The highest BCUT2D eigenvalue weighted by Crippen LogP contribution is 2.23. The zero-order valence-electron chi connectivity index (χ0n) is 10.3. The summed E-state index contributed by atoms with van der Waals surface area (Å²) in [5.41, 5.74) is 5.30. The summed E-state index contributed by atoms with van der Waals surface area (Å²) in [6, 6.07) is 10.6. The van der Waals surface area contributed by atoms with E-state index in [1.807, 2.05) is 6.07 Å². The lowest BCUT2D eigenvalue weighted by atomic mass is 9.99. The first-order valence-electron chi connectivity index (χ1n) is 6.01. The second kappa shape index (κ2) is 6.36. The molecular formula is C14H17IN2O. The van der Waals surface area contributed by atoms with E-state index in [9.17, 15) is 0 Å². The van der Waals surface area contributed by atoms with Crippen LogP contribution in [0.5, 0.6) is 0 Å². The number of hydrogen-bond donors (Lipinski definition) is 2. The summed E-state index contributed by atoms with van der Waals surface area (Å²) in [7, 11) is 0. The van der Waals surface area contributed by atoms with Gasteiger partial charge in [-0.2, -0.15) is 0 Å². The maximum Gasteiger partial charge on any atom is 0.108 e. The van der Waals surface area contributed by atoms with Crippen LogP contribution in [0.15, 0.2) is 41.0 Å². The fourth-order valence-electron chi connectivity index (χ4n) is 2.06. The largest absolute Gasteiger partial charge is 0.469 e. The summed E-state index contributed by atoms with van der Waals surface area (Å²) < 4.78 is 6.70. The second-order valence-corrected chi connectivity index (χ2v) is 5.45. The highest BCUT2D eigenvalue weighted by atomic mass is 127. The molecule has 1 atom stereocenters. The maximum absolute atomic E-state index is 5.67. The lowest BCUT2D eigenvalue weighted by molar-refractivity contribution is 0.487. The average Bonchev–Trinajstić information content (AvgIpc) is 2.86. The minimum Gasteiger partial charge on any atom is -0.469 e. The monoisotopic (exact) mass is 356 g/mol. The van der Waals surface area contributed by atoms with Gasteiger partial charge in [0.05, 0.1) is 12.3 Å². The Morgan fingerprint density at radius 1 is 1.28 bits per heavy atom. The van der Waals surface area contributed by atoms with Crippen molar-refractivity contribution in [2.45, 2.75) is 25.8 Å². The van der Waals surface area contributed by atoms with Crippen LogP contribution in [0.2, 0.25) is 0 Å². The van der Waals surface area contributed by atoms with Gasteiger partial charge in [0.1, 0.15) is 5.76 Å². The van der Waals surface area contributed by atoms with Gasteiger partial charge >= 0.3 is 0 Å². The van der Waals surface area contributed by atoms with Crippen molar-refractivity contribution in [1.82, 2.24) is 5.43 Å². The number of nitrogens with two attached hydrogens (primary N) is 1. The molecule has 0 amide bonds. The highest BCUT2D eigenvalue weighted by Gasteiger charge is 2.16. The minimum absolute atomic E-state index is 0.0961. The van der Waals surface area contributed by atoms with Crippen LogP contribution in [0.25, 0.3) is 0 Å². The van der Waals surface area contributed by atoms with Gasteiger partial charge in [-0.05, 0) is 52.8 Å². The third kappa shape index (κ3) is 3.13. The standard InChI is InChI=1S/C14H17IN2O/c1-2-14-12(7-8-18-14)13(17-16)9-10-3-5-11(15)6-4-10/h3-8,13,17H,2,9,16H2,1H3. The van der Waals surface area contributed by atoms with Gasteiger partial charge in [-0.3, -0.25) is 11.3 Å². The Labute approximate surface area is 121 Å². The van der Waals surface area contributed by atoms with Crippen molar-refractivity contribution in [3.8, 4) is 0 Å². The average molecular weight is 356 g/mol. The molecule has 3 N–H and O–H groups in total. The Morgan fingerprint density at radius 2 is 2.00 bits per heavy atom. The molecule has 0 saturated carbocycles. The molecule has 0 aliphatic heterocycles. The molecule has 0 aliphatic carbocycles. The number of hydrazine groups is 1. The van der Waals surface area contributed by atoms with Crippen LogP contribution in [0.1, 0.15) is 29.9 Å². The number of halogens is 1. The van der Waals surface area contributed by atoms with Crippen LogP contribution < -0.4 is 11.3 Å². The number of benzene rings is 1. The third-order valence-electron chi connectivity index (χ3n) is 3.03. The maximum atomic E-state index is 5.67. The van der Waals surface area contributed by atoms with Gasteiger partial charge in [-0.25, -0.2) is 0 Å². The summed E-state index contributed by atoms with van der Waals surface area (Å²) in [6.07, 6.45) is 3.47. The fraction of sp³-hybridized carbons (Fsp3) is 0.286. The molecule has 96 valence electrons. The molecule has 0 saturated heterocycles. The Bertz CT molecular complexity index is 493. The van der Waals surface area contributed by atoms with Crippen LogP contribution >= 0.6 is 22.6 Å². The zero-order valence-corrected chi connectivity index (χ0v) is 12.5. The van der Waals surface area contributed by atoms with Crippen molar-refractivity contribution in [2.75, 3.05) is 0 Å². The normalized spacial score (nSPS) is 12.6. The molecule has 1 heterocycles. The van der Waals surface area contributed by atoms with Gasteiger partial charge < -0.3 is 4.42 Å². The molecule has 1 aromatic heterocycles. The van der Waals surface area contributed by atoms with E-state index in [2.05, 4.69) is 59.2 Å². The molecule has 2 aromatic rings. The molecule has 18 heavy (non-hydrogen) atoms. The van der Waals surface area contributed by atoms with Gasteiger partial charge in [0, 0.05) is 15.6 Å². The van der Waals surface area contributed by atoms with Crippen LogP contribution in [-0.2, 0) is 12.8 Å². The Hall–Kier alpha value is -0.850. The highest BCUT2D eigenvalue weighted by molar-refractivity contribution is 14.1. The van der Waals surface area contributed by atoms with E-state index in [1.54, 1.807) is 6.26 Å². The Kier molecular flexibility index (Phi) is 4.79. The first-order chi connectivity index (χ1) is 8.74. The smallest absolute Gasteiger partial charge is 0.108 e. The van der Waals surface area contributed by atoms with E-state index in [1.165, 1.54) is 9.13 Å². The first kappa shape index (κ1) is 13.6. The van der Waals surface area contributed by atoms with E-state index >= 15 is 0 Å². The minimum atomic E-state index is 0.0961. The lowest BCUT2D eigenvalue weighted by Crippen LogP contribution is -2.29. The van der Waals surface area contributed by atoms with Crippen LogP contribution in [-0.4, -0.2) is 0 Å². The number of furan rings is 1. The molecule has 0 spiro atoms. The number of rotatable bonds is 5. The zero-order chi connectivity index (χ0) is 13.0. The SMILES string of the molecule is CCc1occc1C(Cc1ccc(I)cc1)NN. The molecule has 4 heteroatoms. The predicted molar refractivity (Wildman–Crippen MR) is 81.0 cm³/mol. The summed E-state index contributed by atoms with van der Waals surface area (Å²) >= 11 is 2.31. The number of aryl methyl sites for hydroxylation is 1. The van der Waals surface area contributed by atoms with Gasteiger partial charge in [-0.1, -0.05) is 19.1 Å². The third-order valence-corrected chi connectivity index (χ3v) is 3.75. The molecule has 1 unspecified atom stereocenters. The van der Waals surface area contributed by atoms with Crippen molar-refractivity contribution < 1.29 is 4.42 Å². The van der Waals surface area contributed by atoms with Gasteiger partial charge in [0.2, 0.25) is 0 Å². The molecule has 0 radical (unpaired) electrons. The second-order valence-electron chi connectivity index (χ2n) is 4.20. The van der Waals surface area contributed by atoms with Crippen LogP contribution in [0.4, 0.5) is 0 Å². The van der Waals surface area contributed by atoms with E-state index in [-0.39, 0.29) is 6.04 Å². The fourth-order valence-corrected chi connectivity index (χ4v) is 2.42. The number of hydrogen-bond acceptors (Lipinski definition) is 3. The summed E-state index contributed by atoms with van der Waals surface area (Å²) in [5.74, 6) is 6.68. The quantitative estimate of drug-likeness (QED) is 0.492. The lowest BCUT2D eigenvalue weighted by Gasteiger charge is -2.16. The van der Waals surface area contributed by atoms with Crippen LogP contribution in [0.3, 0.4) is 0 Å². The molecule has 2 rings (SSSR count). The van der Waals surface area contributed by atoms with Gasteiger partial charge in [0.15, 0.2) is 0 Å². The Morgan fingerprint density at radius 3 is 2.61 bits per heavy atom. The van der Waals surface area contributed by atoms with E-state index in [4.69, 9.17) is 10.3 Å². The van der Waals surface area contributed by atoms with Crippen molar-refractivity contribution in [1.29, 1.82) is 0 Å². The Balaban J connectivity index is 2.17. The van der Waals surface area contributed by atoms with Crippen molar-refractivity contribution in [2.24, 2.45) is 5.84 Å². The first-order valence-corrected chi connectivity index (χ1v) is 7.09. The summed E-state index contributed by atoms with van der Waals surface area (Å²) in [6.45, 7) is 2.08. The molecule has 0 bridgehead atoms. The van der Waals surface area contributed by atoms with E-state index in [0.29, 0.717) is 0 Å². The van der Waals surface area contributed by atoms with Crippen molar-refractivity contribution in [3.05, 3.63) is 57.1 Å². The molecule has 0 aliphatic rings. The van der Waals surface area contributed by atoms with Crippen molar-refractivity contribution >= 4 is 22.6 Å². The van der Waals surface area contributed by atoms with E-state index in [0.717, 1.165) is 24.2 Å². The molecule has 0 fully saturated rings. The van der Waals surface area contributed by atoms with E-state index < -0.39 is 0 Å². The summed E-state index contributed by atoms with van der Waals surface area (Å²) in [4.78, 5) is 0. The topological polar surface area (TPSA) is 51.2 Å². The number of nitrogens with one attached hydrogen (secondary N) is 1. The van der Waals surface area contributed by atoms with Crippen LogP contribution in [0, 0.1) is 3.57 Å². The van der Waals surface area contributed by atoms with Gasteiger partial charge in [0.25, 0.3) is 0 Å². The summed E-state index contributed by atoms with van der Waals surface area (Å²) in [5, 5.41) is 0. The van der Waals surface area contributed by atoms with Gasteiger partial charge in [-0.15, -0.1) is 0 Å². The van der Waals surface area contributed by atoms with Crippen molar-refractivity contribution in [3.63, 3.8) is 0 Å². The molecule has 3 nitrogen and oxygen atoms in total. The molecule has 1 aromatic carbocycles.